The van der Waals surface area contributed by atoms with E-state index in [1.165, 1.54) is 0 Å². The second-order valence-electron chi connectivity index (χ2n) is 7.83. The Morgan fingerprint density at radius 1 is 1.38 bits per heavy atom. The number of nitrogens with zero attached hydrogens (tertiary/aromatic N) is 2. The molecule has 0 saturated heterocycles. The Morgan fingerprint density at radius 2 is 2.14 bits per heavy atom. The molecule has 1 amide bonds. The standard InChI is InChI=1S/C21H30N6OS/c1-3-21(2,9-11-22)10-12-23-19(28)17(15-7-5-4-6-8-15)27-14-24-18-16(20(27)29)13-25-26-18/h4-8,13,17H,3,9-12,14,22H2,1-2H3,(H,23,28)(H2,24,25,26). The van der Waals surface area contributed by atoms with Gasteiger partial charge in [0.05, 0.1) is 18.4 Å². The van der Waals surface area contributed by atoms with Gasteiger partial charge in [-0.05, 0) is 30.4 Å². The quantitative estimate of drug-likeness (QED) is 0.471. The first-order valence-electron chi connectivity index (χ1n) is 10.1. The Kier molecular flexibility index (Phi) is 6.87. The van der Waals surface area contributed by atoms with Gasteiger partial charge >= 0.3 is 0 Å². The maximum atomic E-state index is 13.3. The van der Waals surface area contributed by atoms with Crippen molar-refractivity contribution in [1.29, 1.82) is 0 Å². The Balaban J connectivity index is 1.76. The highest BCUT2D eigenvalue weighted by Crippen LogP contribution is 2.30. The molecule has 0 fully saturated rings. The number of anilines is 1. The fourth-order valence-electron chi connectivity index (χ4n) is 3.70. The molecule has 5 N–H and O–H groups in total. The molecule has 7 nitrogen and oxygen atoms in total. The molecule has 2 heterocycles. The Bertz CT molecular complexity index is 839. The average molecular weight is 415 g/mol. The van der Waals surface area contributed by atoms with Crippen LogP contribution in [0.4, 0.5) is 5.82 Å². The lowest BCUT2D eigenvalue weighted by Crippen LogP contribution is -2.48. The summed E-state index contributed by atoms with van der Waals surface area (Å²) in [6.07, 6.45) is 4.56. The number of nitrogens with two attached hydrogens (primary N) is 1. The van der Waals surface area contributed by atoms with Crippen molar-refractivity contribution in [3.05, 3.63) is 47.7 Å². The fraction of sp³-hybridized carbons (Fsp3) is 0.476. The second kappa shape index (κ2) is 9.37. The summed E-state index contributed by atoms with van der Waals surface area (Å²) in [4.78, 5) is 15.8. The molecule has 2 aromatic rings. The van der Waals surface area contributed by atoms with Crippen LogP contribution in [0.25, 0.3) is 0 Å². The van der Waals surface area contributed by atoms with E-state index in [4.69, 9.17) is 18.0 Å². The molecule has 0 bridgehead atoms. The average Bonchev–Trinajstić information content (AvgIpc) is 3.21. The summed E-state index contributed by atoms with van der Waals surface area (Å²) in [6.45, 7) is 6.10. The van der Waals surface area contributed by atoms with Gasteiger partial charge in [0.15, 0.2) is 0 Å². The first-order valence-corrected chi connectivity index (χ1v) is 10.5. The van der Waals surface area contributed by atoms with Gasteiger partial charge in [-0.25, -0.2) is 0 Å². The lowest BCUT2D eigenvalue weighted by Gasteiger charge is -2.36. The summed E-state index contributed by atoms with van der Waals surface area (Å²) in [5.74, 6) is 0.734. The number of carbonyl (C=O) groups excluding carboxylic acids is 1. The van der Waals surface area contributed by atoms with Crippen molar-refractivity contribution in [2.45, 2.75) is 39.2 Å². The molecular formula is C21H30N6OS. The molecule has 1 aromatic heterocycles. The van der Waals surface area contributed by atoms with Crippen LogP contribution in [0.3, 0.4) is 0 Å². The third kappa shape index (κ3) is 4.76. The molecule has 2 unspecified atom stereocenters. The van der Waals surface area contributed by atoms with E-state index in [0.717, 1.165) is 36.2 Å². The third-order valence-corrected chi connectivity index (χ3v) is 6.32. The lowest BCUT2D eigenvalue weighted by atomic mass is 9.81. The van der Waals surface area contributed by atoms with Gasteiger partial charge in [-0.1, -0.05) is 62.8 Å². The predicted octanol–water partition coefficient (Wildman–Crippen LogP) is 2.78. The molecule has 0 saturated carbocycles. The number of aromatic nitrogens is 2. The summed E-state index contributed by atoms with van der Waals surface area (Å²) >= 11 is 5.69. The zero-order valence-electron chi connectivity index (χ0n) is 17.1. The number of hydrogen-bond donors (Lipinski definition) is 4. The molecule has 3 rings (SSSR count). The molecule has 29 heavy (non-hydrogen) atoms. The van der Waals surface area contributed by atoms with E-state index >= 15 is 0 Å². The smallest absolute Gasteiger partial charge is 0.247 e. The van der Waals surface area contributed by atoms with Crippen LogP contribution in [0.5, 0.6) is 0 Å². The molecule has 1 aliphatic rings. The van der Waals surface area contributed by atoms with Crippen molar-refractivity contribution >= 4 is 28.9 Å². The zero-order valence-corrected chi connectivity index (χ0v) is 17.9. The second-order valence-corrected chi connectivity index (χ2v) is 8.21. The van der Waals surface area contributed by atoms with E-state index in [-0.39, 0.29) is 11.3 Å². The Morgan fingerprint density at radius 3 is 2.83 bits per heavy atom. The number of H-pyrrole nitrogens is 1. The van der Waals surface area contributed by atoms with Gasteiger partial charge in [0.25, 0.3) is 0 Å². The monoisotopic (exact) mass is 414 g/mol. The highest BCUT2D eigenvalue weighted by Gasteiger charge is 2.34. The van der Waals surface area contributed by atoms with Crippen LogP contribution < -0.4 is 16.4 Å². The van der Waals surface area contributed by atoms with Crippen LogP contribution in [0.2, 0.25) is 0 Å². The molecule has 1 aliphatic heterocycles. The fourth-order valence-corrected chi connectivity index (χ4v) is 4.03. The van der Waals surface area contributed by atoms with Crippen LogP contribution in [0.15, 0.2) is 36.5 Å². The molecule has 8 heteroatoms. The van der Waals surface area contributed by atoms with Gasteiger partial charge in [-0.3, -0.25) is 9.89 Å². The van der Waals surface area contributed by atoms with Crippen LogP contribution in [-0.4, -0.2) is 45.8 Å². The zero-order chi connectivity index (χ0) is 20.9. The van der Waals surface area contributed by atoms with Crippen LogP contribution >= 0.6 is 12.2 Å². The Labute approximate surface area is 177 Å². The number of nitrogens with one attached hydrogen (secondary N) is 3. The number of hydrogen-bond acceptors (Lipinski definition) is 5. The van der Waals surface area contributed by atoms with Gasteiger partial charge in [-0.2, -0.15) is 5.10 Å². The largest absolute Gasteiger partial charge is 0.354 e. The first kappa shape index (κ1) is 21.3. The molecule has 0 aliphatic carbocycles. The topological polar surface area (TPSA) is 99.1 Å². The van der Waals surface area contributed by atoms with Gasteiger partial charge in [0, 0.05) is 6.54 Å². The van der Waals surface area contributed by atoms with E-state index in [0.29, 0.717) is 24.7 Å². The molecule has 156 valence electrons. The van der Waals surface area contributed by atoms with Crippen LogP contribution in [0, 0.1) is 5.41 Å². The SMILES string of the molecule is CCC(C)(CCN)CCNC(=O)C(c1ccccc1)N1CNc2[nH]ncc2C1=S. The van der Waals surface area contributed by atoms with E-state index in [1.54, 1.807) is 6.20 Å². The Hall–Kier alpha value is -2.45. The minimum atomic E-state index is -0.512. The van der Waals surface area contributed by atoms with E-state index in [9.17, 15) is 4.79 Å². The van der Waals surface area contributed by atoms with Gasteiger partial charge in [0.1, 0.15) is 16.8 Å². The summed E-state index contributed by atoms with van der Waals surface area (Å²) in [6, 6.07) is 9.23. The summed E-state index contributed by atoms with van der Waals surface area (Å²) < 4.78 is 0. The van der Waals surface area contributed by atoms with Crippen molar-refractivity contribution in [1.82, 2.24) is 20.4 Å². The normalized spacial score (nSPS) is 16.5. The number of thiocarbonyl (C=S) groups is 1. The summed E-state index contributed by atoms with van der Waals surface area (Å²) in [5.41, 5.74) is 7.61. The minimum absolute atomic E-state index is 0.0569. The van der Waals surface area contributed by atoms with Crippen molar-refractivity contribution in [2.75, 3.05) is 25.1 Å². The maximum absolute atomic E-state index is 13.3. The summed E-state index contributed by atoms with van der Waals surface area (Å²) in [7, 11) is 0. The van der Waals surface area contributed by atoms with Crippen LogP contribution in [-0.2, 0) is 4.79 Å². The number of benzene rings is 1. The molecular weight excluding hydrogens is 384 g/mol. The first-order chi connectivity index (χ1) is 14.0. The molecule has 1 aromatic carbocycles. The lowest BCUT2D eigenvalue weighted by molar-refractivity contribution is -0.125. The van der Waals surface area contributed by atoms with Crippen LogP contribution in [0.1, 0.15) is 50.3 Å². The number of amides is 1. The predicted molar refractivity (Wildman–Crippen MR) is 119 cm³/mol. The van der Waals surface area contributed by atoms with Gasteiger partial charge in [0.2, 0.25) is 5.91 Å². The molecule has 0 radical (unpaired) electrons. The number of aromatic amines is 1. The van der Waals surface area contributed by atoms with Crippen molar-refractivity contribution in [3.63, 3.8) is 0 Å². The molecule has 2 atom stereocenters. The van der Waals surface area contributed by atoms with E-state index < -0.39 is 6.04 Å². The number of carbonyl (C=O) groups is 1. The van der Waals surface area contributed by atoms with Crippen molar-refractivity contribution in [3.8, 4) is 0 Å². The third-order valence-electron chi connectivity index (χ3n) is 5.86. The minimum Gasteiger partial charge on any atom is -0.354 e. The van der Waals surface area contributed by atoms with Crippen molar-refractivity contribution in [2.24, 2.45) is 11.1 Å². The summed E-state index contributed by atoms with van der Waals surface area (Å²) in [5, 5.41) is 13.4. The van der Waals surface area contributed by atoms with Gasteiger partial charge < -0.3 is 21.3 Å². The highest BCUT2D eigenvalue weighted by atomic mass is 32.1. The van der Waals surface area contributed by atoms with E-state index in [1.807, 2.05) is 35.2 Å². The number of rotatable bonds is 9. The maximum Gasteiger partial charge on any atom is 0.247 e. The van der Waals surface area contributed by atoms with Gasteiger partial charge in [-0.15, -0.1) is 0 Å². The van der Waals surface area contributed by atoms with E-state index in [2.05, 4.69) is 34.7 Å². The van der Waals surface area contributed by atoms with Crippen molar-refractivity contribution < 1.29 is 4.79 Å². The number of fused-ring (bicyclic) bond motifs is 1. The molecule has 0 spiro atoms. The highest BCUT2D eigenvalue weighted by molar-refractivity contribution is 7.80.